The molecule has 3 atom stereocenters. The van der Waals surface area contributed by atoms with Crippen LogP contribution in [-0.4, -0.2) is 24.1 Å². The predicted octanol–water partition coefficient (Wildman–Crippen LogP) is 2.65. The summed E-state index contributed by atoms with van der Waals surface area (Å²) in [4.78, 5) is 14.8. The molecular weight excluding hydrogens is 382 g/mol. The van der Waals surface area contributed by atoms with Gasteiger partial charge in [-0.05, 0) is 30.7 Å². The number of likely N-dealkylation sites (N-methyl/N-ethyl adjacent to an activating group) is 1. The zero-order valence-corrected chi connectivity index (χ0v) is 15.7. The van der Waals surface area contributed by atoms with Gasteiger partial charge in [-0.2, -0.15) is 0 Å². The molecule has 0 aliphatic carbocycles. The molecule has 1 saturated heterocycles. The summed E-state index contributed by atoms with van der Waals surface area (Å²) in [6, 6.07) is 15.8. The molecule has 0 bridgehead atoms. The fourth-order valence-corrected chi connectivity index (χ4v) is 4.28. The molecule has 0 aromatic heterocycles. The van der Waals surface area contributed by atoms with E-state index in [1.165, 1.54) is 0 Å². The van der Waals surface area contributed by atoms with E-state index in [1.54, 1.807) is 11.9 Å². The SMILES string of the molecule is CN1C(=O)C2(CC(C)(c3ccccc3)Oc3ccc(Br)cc32)NC1N. The summed E-state index contributed by atoms with van der Waals surface area (Å²) in [7, 11) is 1.72. The maximum atomic E-state index is 13.2. The van der Waals surface area contributed by atoms with Crippen molar-refractivity contribution in [1.82, 2.24) is 10.2 Å². The van der Waals surface area contributed by atoms with Gasteiger partial charge in [0.1, 0.15) is 23.2 Å². The van der Waals surface area contributed by atoms with Crippen molar-refractivity contribution in [3.8, 4) is 5.75 Å². The summed E-state index contributed by atoms with van der Waals surface area (Å²) in [6.07, 6.45) is -0.0675. The van der Waals surface area contributed by atoms with Crippen LogP contribution in [-0.2, 0) is 15.9 Å². The molecule has 0 saturated carbocycles. The predicted molar refractivity (Wildman–Crippen MR) is 98.7 cm³/mol. The third-order valence-corrected chi connectivity index (χ3v) is 5.71. The van der Waals surface area contributed by atoms with E-state index in [0.717, 1.165) is 15.6 Å². The number of amides is 1. The molecule has 3 unspecified atom stereocenters. The van der Waals surface area contributed by atoms with E-state index >= 15 is 0 Å². The minimum absolute atomic E-state index is 0.0372. The summed E-state index contributed by atoms with van der Waals surface area (Å²) in [5, 5.41) is 3.33. The first-order valence-corrected chi connectivity index (χ1v) is 9.00. The van der Waals surface area contributed by atoms with Crippen molar-refractivity contribution in [3.63, 3.8) is 0 Å². The number of nitrogens with zero attached hydrogens (tertiary/aromatic N) is 1. The van der Waals surface area contributed by atoms with Gasteiger partial charge in [0.05, 0.1) is 0 Å². The number of hydrogen-bond donors (Lipinski definition) is 2. The molecule has 2 heterocycles. The Hall–Kier alpha value is -1.89. The average molecular weight is 402 g/mol. The smallest absolute Gasteiger partial charge is 0.249 e. The number of ether oxygens (including phenoxy) is 1. The topological polar surface area (TPSA) is 67.6 Å². The van der Waals surface area contributed by atoms with Crippen molar-refractivity contribution in [2.75, 3.05) is 7.05 Å². The Morgan fingerprint density at radius 1 is 1.28 bits per heavy atom. The lowest BCUT2D eigenvalue weighted by atomic mass is 9.74. The number of benzene rings is 2. The molecule has 3 N–H and O–H groups in total. The lowest BCUT2D eigenvalue weighted by Crippen LogP contribution is -2.54. The Bertz CT molecular complexity index is 844. The molecular formula is C19H20BrN3O2. The number of nitrogens with two attached hydrogens (primary N) is 1. The highest BCUT2D eigenvalue weighted by atomic mass is 79.9. The lowest BCUT2D eigenvalue weighted by Gasteiger charge is -2.44. The molecule has 0 radical (unpaired) electrons. The standard InChI is InChI=1S/C19H20BrN3O2/c1-18(12-6-4-3-5-7-12)11-19(16(24)23(2)17(21)22-19)14-10-13(20)8-9-15(14)25-18/h3-10,17,22H,11,21H2,1-2H3. The van der Waals surface area contributed by atoms with Crippen molar-refractivity contribution in [2.24, 2.45) is 5.73 Å². The molecule has 25 heavy (non-hydrogen) atoms. The second-order valence-corrected chi connectivity index (χ2v) is 7.84. The fraction of sp³-hybridized carbons (Fsp3) is 0.316. The molecule has 2 aliphatic rings. The van der Waals surface area contributed by atoms with Gasteiger partial charge >= 0.3 is 0 Å². The largest absolute Gasteiger partial charge is 0.482 e. The minimum Gasteiger partial charge on any atom is -0.482 e. The van der Waals surface area contributed by atoms with Crippen LogP contribution < -0.4 is 15.8 Å². The Kier molecular flexibility index (Phi) is 3.68. The number of fused-ring (bicyclic) bond motifs is 2. The second kappa shape index (κ2) is 5.56. The third kappa shape index (κ3) is 2.39. The van der Waals surface area contributed by atoms with Gasteiger partial charge in [0, 0.05) is 23.5 Å². The van der Waals surface area contributed by atoms with E-state index in [1.807, 2.05) is 55.5 Å². The van der Waals surface area contributed by atoms with E-state index in [-0.39, 0.29) is 5.91 Å². The summed E-state index contributed by atoms with van der Waals surface area (Å²) in [5.41, 5.74) is 6.44. The van der Waals surface area contributed by atoms with Crippen LogP contribution in [0.4, 0.5) is 0 Å². The number of halogens is 1. The van der Waals surface area contributed by atoms with Crippen molar-refractivity contribution >= 4 is 21.8 Å². The fourth-order valence-electron chi connectivity index (χ4n) is 3.91. The molecule has 5 nitrogen and oxygen atoms in total. The molecule has 1 fully saturated rings. The van der Waals surface area contributed by atoms with Gasteiger partial charge in [-0.15, -0.1) is 0 Å². The van der Waals surface area contributed by atoms with Gasteiger partial charge in [-0.25, -0.2) is 0 Å². The van der Waals surface area contributed by atoms with Crippen LogP contribution in [0.15, 0.2) is 53.0 Å². The lowest BCUT2D eigenvalue weighted by molar-refractivity contribution is -0.135. The molecule has 1 amide bonds. The van der Waals surface area contributed by atoms with E-state index in [0.29, 0.717) is 12.2 Å². The highest BCUT2D eigenvalue weighted by Gasteiger charge is 2.58. The van der Waals surface area contributed by atoms with Crippen LogP contribution >= 0.6 is 15.9 Å². The van der Waals surface area contributed by atoms with Crippen molar-refractivity contribution in [1.29, 1.82) is 0 Å². The van der Waals surface area contributed by atoms with Crippen LogP contribution in [0.25, 0.3) is 0 Å². The monoisotopic (exact) mass is 401 g/mol. The Balaban J connectivity index is 1.92. The first kappa shape index (κ1) is 16.6. The quantitative estimate of drug-likeness (QED) is 0.770. The van der Waals surface area contributed by atoms with Gasteiger partial charge in [-0.1, -0.05) is 46.3 Å². The second-order valence-electron chi connectivity index (χ2n) is 6.93. The first-order chi connectivity index (χ1) is 11.9. The van der Waals surface area contributed by atoms with E-state index < -0.39 is 17.4 Å². The zero-order valence-electron chi connectivity index (χ0n) is 14.1. The van der Waals surface area contributed by atoms with Crippen LogP contribution in [0.3, 0.4) is 0 Å². The van der Waals surface area contributed by atoms with Crippen LogP contribution in [0, 0.1) is 0 Å². The molecule has 2 aliphatic heterocycles. The van der Waals surface area contributed by atoms with E-state index in [4.69, 9.17) is 10.5 Å². The first-order valence-electron chi connectivity index (χ1n) is 8.21. The third-order valence-electron chi connectivity index (χ3n) is 5.22. The van der Waals surface area contributed by atoms with Crippen molar-refractivity contribution < 1.29 is 9.53 Å². The summed E-state index contributed by atoms with van der Waals surface area (Å²) < 4.78 is 7.29. The molecule has 4 rings (SSSR count). The van der Waals surface area contributed by atoms with Gasteiger partial charge in [-0.3, -0.25) is 15.8 Å². The molecule has 2 aromatic rings. The maximum Gasteiger partial charge on any atom is 0.249 e. The average Bonchev–Trinajstić information content (AvgIpc) is 2.81. The van der Waals surface area contributed by atoms with Crippen LogP contribution in [0.5, 0.6) is 5.75 Å². The Morgan fingerprint density at radius 2 is 2.00 bits per heavy atom. The number of carbonyl (C=O) groups excluding carboxylic acids is 1. The number of carbonyl (C=O) groups is 1. The Labute approximate surface area is 155 Å². The molecule has 1 spiro atoms. The van der Waals surface area contributed by atoms with Gasteiger partial charge < -0.3 is 9.64 Å². The van der Waals surface area contributed by atoms with Gasteiger partial charge in [0.2, 0.25) is 5.91 Å². The summed E-state index contributed by atoms with van der Waals surface area (Å²) >= 11 is 3.50. The highest BCUT2D eigenvalue weighted by molar-refractivity contribution is 9.10. The highest BCUT2D eigenvalue weighted by Crippen LogP contribution is 2.50. The molecule has 130 valence electrons. The zero-order chi connectivity index (χ0) is 17.8. The maximum absolute atomic E-state index is 13.2. The van der Waals surface area contributed by atoms with Crippen molar-refractivity contribution in [3.05, 3.63) is 64.1 Å². The van der Waals surface area contributed by atoms with E-state index in [2.05, 4.69) is 21.2 Å². The van der Waals surface area contributed by atoms with Gasteiger partial charge in [0.25, 0.3) is 0 Å². The number of hydrogen-bond acceptors (Lipinski definition) is 4. The molecule has 2 aromatic carbocycles. The number of nitrogens with one attached hydrogen (secondary N) is 1. The normalized spacial score (nSPS) is 31.1. The number of rotatable bonds is 1. The van der Waals surface area contributed by atoms with Crippen molar-refractivity contribution in [2.45, 2.75) is 30.8 Å². The van der Waals surface area contributed by atoms with Crippen LogP contribution in [0.1, 0.15) is 24.5 Å². The van der Waals surface area contributed by atoms with Gasteiger partial charge in [0.15, 0.2) is 0 Å². The van der Waals surface area contributed by atoms with Crippen LogP contribution in [0.2, 0.25) is 0 Å². The Morgan fingerprint density at radius 3 is 2.64 bits per heavy atom. The summed E-state index contributed by atoms with van der Waals surface area (Å²) in [5.74, 6) is 0.661. The van der Waals surface area contributed by atoms with E-state index in [9.17, 15) is 4.79 Å². The molecule has 6 heteroatoms. The minimum atomic E-state index is -0.907. The summed E-state index contributed by atoms with van der Waals surface area (Å²) in [6.45, 7) is 2.02.